The molecule has 5 heteroatoms. The van der Waals surface area contributed by atoms with Crippen molar-refractivity contribution in [3.05, 3.63) is 82.9 Å². The summed E-state index contributed by atoms with van der Waals surface area (Å²) in [7, 11) is 0. The molecule has 4 rings (SSSR count). The van der Waals surface area contributed by atoms with E-state index >= 15 is 0 Å². The van der Waals surface area contributed by atoms with Crippen molar-refractivity contribution in [1.29, 1.82) is 0 Å². The molecule has 26 heavy (non-hydrogen) atoms. The van der Waals surface area contributed by atoms with Crippen LogP contribution in [0.15, 0.2) is 71.1 Å². The highest BCUT2D eigenvalue weighted by Gasteiger charge is 2.11. The molecule has 0 spiro atoms. The number of nitrogens with one attached hydrogen (secondary N) is 1. The lowest BCUT2D eigenvalue weighted by atomic mass is 10.1. The van der Waals surface area contributed by atoms with Crippen molar-refractivity contribution >= 4 is 34.3 Å². The number of nitrogens with zero attached hydrogens (tertiary/aromatic N) is 1. The minimum Gasteiger partial charge on any atom is -0.436 e. The number of halogens is 1. The van der Waals surface area contributed by atoms with Crippen LogP contribution in [0.3, 0.4) is 0 Å². The van der Waals surface area contributed by atoms with Gasteiger partial charge in [-0.25, -0.2) is 4.98 Å². The zero-order chi connectivity index (χ0) is 18.1. The molecule has 0 radical (unpaired) electrons. The summed E-state index contributed by atoms with van der Waals surface area (Å²) in [5, 5.41) is 3.52. The van der Waals surface area contributed by atoms with Gasteiger partial charge >= 0.3 is 0 Å². The normalized spacial score (nSPS) is 10.8. The van der Waals surface area contributed by atoms with Crippen molar-refractivity contribution in [2.24, 2.45) is 0 Å². The Kier molecular flexibility index (Phi) is 4.19. The number of rotatable bonds is 3. The molecule has 1 N–H and O–H groups in total. The van der Waals surface area contributed by atoms with E-state index < -0.39 is 0 Å². The van der Waals surface area contributed by atoms with Crippen molar-refractivity contribution in [2.45, 2.75) is 6.92 Å². The van der Waals surface area contributed by atoms with Gasteiger partial charge < -0.3 is 9.73 Å². The molecule has 0 saturated heterocycles. The van der Waals surface area contributed by atoms with E-state index in [4.69, 9.17) is 16.0 Å². The topological polar surface area (TPSA) is 55.1 Å². The van der Waals surface area contributed by atoms with Crippen LogP contribution in [0.25, 0.3) is 22.6 Å². The van der Waals surface area contributed by atoms with E-state index in [-0.39, 0.29) is 5.91 Å². The van der Waals surface area contributed by atoms with Crippen molar-refractivity contribution in [3.63, 3.8) is 0 Å². The number of amides is 1. The maximum Gasteiger partial charge on any atom is 0.255 e. The largest absolute Gasteiger partial charge is 0.436 e. The Balaban J connectivity index is 1.56. The molecule has 0 aliphatic carbocycles. The zero-order valence-corrected chi connectivity index (χ0v) is 14.7. The van der Waals surface area contributed by atoms with Crippen LogP contribution < -0.4 is 5.32 Å². The van der Waals surface area contributed by atoms with Crippen LogP contribution in [0.4, 0.5) is 5.69 Å². The molecule has 0 fully saturated rings. The number of hydrogen-bond acceptors (Lipinski definition) is 3. The molecule has 0 saturated carbocycles. The van der Waals surface area contributed by atoms with Crippen LogP contribution in [0.5, 0.6) is 0 Å². The van der Waals surface area contributed by atoms with E-state index in [0.717, 1.165) is 11.1 Å². The van der Waals surface area contributed by atoms with E-state index in [0.29, 0.717) is 33.3 Å². The van der Waals surface area contributed by atoms with Crippen LogP contribution in [-0.2, 0) is 0 Å². The predicted molar refractivity (Wildman–Crippen MR) is 104 cm³/mol. The third-order valence-electron chi connectivity index (χ3n) is 4.13. The van der Waals surface area contributed by atoms with Crippen molar-refractivity contribution in [3.8, 4) is 11.5 Å². The molecule has 4 nitrogen and oxygen atoms in total. The highest BCUT2D eigenvalue weighted by atomic mass is 35.5. The first kappa shape index (κ1) is 16.4. The van der Waals surface area contributed by atoms with Gasteiger partial charge in [0.25, 0.3) is 5.91 Å². The summed E-state index contributed by atoms with van der Waals surface area (Å²) in [6, 6.07) is 20.2. The van der Waals surface area contributed by atoms with Crippen LogP contribution in [0, 0.1) is 6.92 Å². The van der Waals surface area contributed by atoms with Gasteiger partial charge in [-0.05, 0) is 61.0 Å². The standard InChI is InChI=1S/C21H15ClN2O2/c1-13-4-2-3-5-17(13)20(25)23-16-9-6-14(7-10-16)21-24-18-12-15(22)8-11-19(18)26-21/h2-12H,1H3,(H,23,25). The fraction of sp³-hybridized carbons (Fsp3) is 0.0476. The number of anilines is 1. The Hall–Kier alpha value is -3.11. The van der Waals surface area contributed by atoms with Gasteiger partial charge in [0.2, 0.25) is 5.89 Å². The molecule has 0 aliphatic heterocycles. The summed E-state index contributed by atoms with van der Waals surface area (Å²) >= 11 is 5.98. The fourth-order valence-corrected chi connectivity index (χ4v) is 2.91. The van der Waals surface area contributed by atoms with Gasteiger partial charge in [0.1, 0.15) is 5.52 Å². The summed E-state index contributed by atoms with van der Waals surface area (Å²) in [6.45, 7) is 1.91. The summed E-state index contributed by atoms with van der Waals surface area (Å²) in [6.07, 6.45) is 0. The maximum absolute atomic E-state index is 12.4. The van der Waals surface area contributed by atoms with Gasteiger partial charge in [0.15, 0.2) is 5.58 Å². The first-order valence-electron chi connectivity index (χ1n) is 8.14. The Morgan fingerprint density at radius 3 is 2.58 bits per heavy atom. The Bertz CT molecular complexity index is 1100. The number of aryl methyl sites for hydroxylation is 1. The van der Waals surface area contributed by atoms with Crippen LogP contribution in [0.2, 0.25) is 5.02 Å². The summed E-state index contributed by atoms with van der Waals surface area (Å²) in [4.78, 5) is 16.8. The summed E-state index contributed by atoms with van der Waals surface area (Å²) in [5.41, 5.74) is 4.53. The van der Waals surface area contributed by atoms with Gasteiger partial charge in [-0.3, -0.25) is 4.79 Å². The molecule has 4 aromatic rings. The monoisotopic (exact) mass is 362 g/mol. The number of fused-ring (bicyclic) bond motifs is 1. The smallest absolute Gasteiger partial charge is 0.255 e. The van der Waals surface area contributed by atoms with Crippen LogP contribution >= 0.6 is 11.6 Å². The van der Waals surface area contributed by atoms with Gasteiger partial charge in [0.05, 0.1) is 0 Å². The highest BCUT2D eigenvalue weighted by molar-refractivity contribution is 6.31. The first-order chi connectivity index (χ1) is 12.6. The fourth-order valence-electron chi connectivity index (χ4n) is 2.75. The second-order valence-electron chi connectivity index (χ2n) is 5.98. The molecular weight excluding hydrogens is 348 g/mol. The average molecular weight is 363 g/mol. The Labute approximate surface area is 155 Å². The van der Waals surface area contributed by atoms with Crippen molar-refractivity contribution in [2.75, 3.05) is 5.32 Å². The molecule has 128 valence electrons. The van der Waals surface area contributed by atoms with Gasteiger partial charge in [0, 0.05) is 21.8 Å². The van der Waals surface area contributed by atoms with Crippen LogP contribution in [-0.4, -0.2) is 10.9 Å². The zero-order valence-electron chi connectivity index (χ0n) is 14.0. The Morgan fingerprint density at radius 1 is 1.04 bits per heavy atom. The maximum atomic E-state index is 12.4. The second kappa shape index (κ2) is 6.65. The van der Waals surface area contributed by atoms with E-state index in [2.05, 4.69) is 10.3 Å². The quantitative estimate of drug-likeness (QED) is 0.508. The number of carbonyl (C=O) groups excluding carboxylic acids is 1. The van der Waals surface area contributed by atoms with Gasteiger partial charge in [-0.1, -0.05) is 29.8 Å². The molecule has 1 heterocycles. The molecule has 0 unspecified atom stereocenters. The minimum atomic E-state index is -0.132. The minimum absolute atomic E-state index is 0.132. The van der Waals surface area contributed by atoms with Crippen molar-refractivity contribution < 1.29 is 9.21 Å². The van der Waals surface area contributed by atoms with Gasteiger partial charge in [-0.15, -0.1) is 0 Å². The lowest BCUT2D eigenvalue weighted by Crippen LogP contribution is -2.13. The third-order valence-corrected chi connectivity index (χ3v) is 4.36. The number of aromatic nitrogens is 1. The molecule has 0 aliphatic rings. The molecular formula is C21H15ClN2O2. The number of oxazole rings is 1. The SMILES string of the molecule is Cc1ccccc1C(=O)Nc1ccc(-c2nc3cc(Cl)ccc3o2)cc1. The molecule has 0 atom stereocenters. The first-order valence-corrected chi connectivity index (χ1v) is 8.51. The molecule has 1 aromatic heterocycles. The lowest BCUT2D eigenvalue weighted by Gasteiger charge is -2.07. The number of benzene rings is 3. The number of carbonyl (C=O) groups is 1. The van der Waals surface area contributed by atoms with Crippen LogP contribution in [0.1, 0.15) is 15.9 Å². The predicted octanol–water partition coefficient (Wildman–Crippen LogP) is 5.71. The molecule has 1 amide bonds. The highest BCUT2D eigenvalue weighted by Crippen LogP contribution is 2.27. The molecule has 0 bridgehead atoms. The third kappa shape index (κ3) is 3.19. The number of hydrogen-bond donors (Lipinski definition) is 1. The average Bonchev–Trinajstić information content (AvgIpc) is 3.05. The second-order valence-corrected chi connectivity index (χ2v) is 6.41. The van der Waals surface area contributed by atoms with E-state index in [9.17, 15) is 4.79 Å². The van der Waals surface area contributed by atoms with E-state index in [1.54, 1.807) is 18.2 Å². The summed E-state index contributed by atoms with van der Waals surface area (Å²) < 4.78 is 5.76. The Morgan fingerprint density at radius 2 is 1.81 bits per heavy atom. The van der Waals surface area contributed by atoms with E-state index in [1.165, 1.54) is 0 Å². The molecule has 3 aromatic carbocycles. The van der Waals surface area contributed by atoms with Crippen molar-refractivity contribution in [1.82, 2.24) is 4.98 Å². The summed E-state index contributed by atoms with van der Waals surface area (Å²) in [5.74, 6) is 0.381. The lowest BCUT2D eigenvalue weighted by molar-refractivity contribution is 0.102. The van der Waals surface area contributed by atoms with Gasteiger partial charge in [-0.2, -0.15) is 0 Å². The van der Waals surface area contributed by atoms with E-state index in [1.807, 2.05) is 55.5 Å².